The molecule has 0 bridgehead atoms. The smallest absolute Gasteiger partial charge is 0.255 e. The van der Waals surface area contributed by atoms with Crippen LogP contribution < -0.4 is 10.1 Å². The third-order valence-electron chi connectivity index (χ3n) is 6.18. The Balaban J connectivity index is 1.57. The molecule has 1 amide bonds. The number of methoxy groups -OCH3 is 1. The van der Waals surface area contributed by atoms with E-state index in [1.807, 2.05) is 24.3 Å². The van der Waals surface area contributed by atoms with Crippen molar-refractivity contribution in [2.24, 2.45) is 0 Å². The van der Waals surface area contributed by atoms with Crippen LogP contribution >= 0.6 is 11.6 Å². The second kappa shape index (κ2) is 9.16. The zero-order valence-electron chi connectivity index (χ0n) is 20.0. The largest absolute Gasteiger partial charge is 0.495 e. The number of hydrogen-bond donors (Lipinski definition) is 1. The van der Waals surface area contributed by atoms with Gasteiger partial charge in [-0.15, -0.1) is 10.2 Å². The predicted molar refractivity (Wildman–Crippen MR) is 136 cm³/mol. The van der Waals surface area contributed by atoms with Crippen molar-refractivity contribution in [3.63, 3.8) is 0 Å². The van der Waals surface area contributed by atoms with Crippen LogP contribution in [0.5, 0.6) is 5.75 Å². The Morgan fingerprint density at radius 3 is 2.74 bits per heavy atom. The molecule has 9 nitrogen and oxygen atoms in total. The Morgan fingerprint density at radius 2 is 1.97 bits per heavy atom. The standard InChI is InChI=1S/C25H26ClN7O2/c1-31(2)24(34)18-14-33(20-8-6-5-7-17(18)20)23-22(26)29-30-25(28-23)27-19-11-16-13-32(3)10-9-15(16)12-21(19)35-4/h5-8,11-12,14H,9-10,13H2,1-4H3,(H,27,28,30). The number of carbonyl (C=O) groups excluding carboxylic acids is 1. The first kappa shape index (κ1) is 23.1. The van der Waals surface area contributed by atoms with Gasteiger partial charge in [-0.25, -0.2) is 0 Å². The summed E-state index contributed by atoms with van der Waals surface area (Å²) in [5.41, 5.74) is 4.60. The van der Waals surface area contributed by atoms with Gasteiger partial charge in [0.05, 0.1) is 23.9 Å². The predicted octanol–water partition coefficient (Wildman–Crippen LogP) is 3.91. The molecule has 0 spiro atoms. The highest BCUT2D eigenvalue weighted by atomic mass is 35.5. The Morgan fingerprint density at radius 1 is 1.17 bits per heavy atom. The molecule has 0 aliphatic carbocycles. The Hall–Kier alpha value is -3.69. The number of ether oxygens (including phenoxy) is 1. The Kier molecular flexibility index (Phi) is 6.04. The van der Waals surface area contributed by atoms with E-state index in [1.54, 1.807) is 36.9 Å². The number of carbonyl (C=O) groups is 1. The first-order valence-electron chi connectivity index (χ1n) is 11.2. The maximum atomic E-state index is 12.8. The number of anilines is 2. The van der Waals surface area contributed by atoms with Gasteiger partial charge >= 0.3 is 0 Å². The van der Waals surface area contributed by atoms with Crippen molar-refractivity contribution in [3.8, 4) is 11.6 Å². The fourth-order valence-electron chi connectivity index (χ4n) is 4.39. The van der Waals surface area contributed by atoms with E-state index in [0.29, 0.717) is 17.1 Å². The maximum absolute atomic E-state index is 12.8. The van der Waals surface area contributed by atoms with Crippen molar-refractivity contribution >= 4 is 40.0 Å². The quantitative estimate of drug-likeness (QED) is 0.452. The molecule has 0 atom stereocenters. The molecule has 2 aromatic carbocycles. The van der Waals surface area contributed by atoms with Gasteiger partial charge in [0.15, 0.2) is 11.0 Å². The van der Waals surface area contributed by atoms with E-state index in [-0.39, 0.29) is 17.0 Å². The fraction of sp³-hybridized carbons (Fsp3) is 0.280. The summed E-state index contributed by atoms with van der Waals surface area (Å²) in [7, 11) is 7.19. The normalized spacial score (nSPS) is 13.5. The molecule has 5 rings (SSSR count). The Labute approximate surface area is 208 Å². The summed E-state index contributed by atoms with van der Waals surface area (Å²) in [6, 6.07) is 11.7. The molecular formula is C25H26ClN7O2. The number of hydrogen-bond acceptors (Lipinski definition) is 7. The molecule has 4 aromatic rings. The van der Waals surface area contributed by atoms with Crippen LogP contribution in [0.4, 0.5) is 11.6 Å². The molecule has 0 radical (unpaired) electrons. The van der Waals surface area contributed by atoms with Crippen LogP contribution in [0.1, 0.15) is 21.5 Å². The molecule has 2 aromatic heterocycles. The van der Waals surface area contributed by atoms with Crippen molar-refractivity contribution < 1.29 is 9.53 Å². The highest BCUT2D eigenvalue weighted by molar-refractivity contribution is 6.31. The molecular weight excluding hydrogens is 466 g/mol. The molecule has 0 fully saturated rings. The molecule has 1 aliphatic rings. The van der Waals surface area contributed by atoms with Crippen LogP contribution in [0.25, 0.3) is 16.7 Å². The van der Waals surface area contributed by atoms with Gasteiger partial charge in [0.1, 0.15) is 5.75 Å². The van der Waals surface area contributed by atoms with Crippen molar-refractivity contribution in [2.75, 3.05) is 40.1 Å². The van der Waals surface area contributed by atoms with Gasteiger partial charge in [-0.05, 0) is 42.8 Å². The van der Waals surface area contributed by atoms with Crippen molar-refractivity contribution in [1.82, 2.24) is 29.5 Å². The summed E-state index contributed by atoms with van der Waals surface area (Å²) in [6.45, 7) is 1.87. The molecule has 0 unspecified atom stereocenters. The number of likely N-dealkylation sites (N-methyl/N-ethyl adjacent to an activating group) is 1. The molecule has 0 saturated heterocycles. The minimum absolute atomic E-state index is 0.111. The topological polar surface area (TPSA) is 88.4 Å². The summed E-state index contributed by atoms with van der Waals surface area (Å²) >= 11 is 6.44. The third kappa shape index (κ3) is 4.28. The lowest BCUT2D eigenvalue weighted by Crippen LogP contribution is -2.26. The minimum Gasteiger partial charge on any atom is -0.495 e. The summed E-state index contributed by atoms with van der Waals surface area (Å²) in [5.74, 6) is 1.23. The Bertz CT molecular complexity index is 1430. The van der Waals surface area contributed by atoms with Crippen LogP contribution in [0.2, 0.25) is 5.15 Å². The number of rotatable bonds is 5. The number of benzene rings is 2. The molecule has 180 valence electrons. The van der Waals surface area contributed by atoms with Gasteiger partial charge in [-0.3, -0.25) is 9.36 Å². The molecule has 0 saturated carbocycles. The van der Waals surface area contributed by atoms with Gasteiger partial charge in [0, 0.05) is 38.8 Å². The molecule has 1 aliphatic heterocycles. The highest BCUT2D eigenvalue weighted by Crippen LogP contribution is 2.33. The van der Waals surface area contributed by atoms with Crippen LogP contribution in [-0.2, 0) is 13.0 Å². The van der Waals surface area contributed by atoms with Gasteiger partial charge < -0.3 is 19.9 Å². The highest BCUT2D eigenvalue weighted by Gasteiger charge is 2.21. The number of para-hydroxylation sites is 1. The van der Waals surface area contributed by atoms with Gasteiger partial charge in [0.2, 0.25) is 5.95 Å². The number of nitrogens with one attached hydrogen (secondary N) is 1. The SMILES string of the molecule is COc1cc2c(cc1Nc1nnc(Cl)c(-n3cc(C(=O)N(C)C)c4ccccc43)n1)CN(C)CC2. The van der Waals surface area contributed by atoms with Crippen LogP contribution in [0, 0.1) is 0 Å². The van der Waals surface area contributed by atoms with E-state index < -0.39 is 0 Å². The minimum atomic E-state index is -0.111. The molecule has 10 heteroatoms. The molecule has 1 N–H and O–H groups in total. The first-order chi connectivity index (χ1) is 16.9. The average Bonchev–Trinajstić information content (AvgIpc) is 3.23. The lowest BCUT2D eigenvalue weighted by atomic mass is 9.99. The van der Waals surface area contributed by atoms with E-state index >= 15 is 0 Å². The van der Waals surface area contributed by atoms with E-state index in [1.165, 1.54) is 11.1 Å². The summed E-state index contributed by atoms with van der Waals surface area (Å²) < 4.78 is 7.40. The summed E-state index contributed by atoms with van der Waals surface area (Å²) in [4.78, 5) is 21.3. The van der Waals surface area contributed by atoms with E-state index in [4.69, 9.17) is 16.3 Å². The van der Waals surface area contributed by atoms with E-state index in [2.05, 4.69) is 44.6 Å². The zero-order chi connectivity index (χ0) is 24.7. The number of amides is 1. The summed E-state index contributed by atoms with van der Waals surface area (Å²) in [6.07, 6.45) is 2.71. The second-order valence-electron chi connectivity index (χ2n) is 8.81. The van der Waals surface area contributed by atoms with E-state index in [0.717, 1.165) is 36.1 Å². The number of fused-ring (bicyclic) bond motifs is 2. The maximum Gasteiger partial charge on any atom is 0.255 e. The lowest BCUT2D eigenvalue weighted by Gasteiger charge is -2.26. The third-order valence-corrected chi connectivity index (χ3v) is 6.42. The van der Waals surface area contributed by atoms with Crippen LogP contribution in [0.15, 0.2) is 42.6 Å². The number of halogens is 1. The van der Waals surface area contributed by atoms with Gasteiger partial charge in [0.25, 0.3) is 5.91 Å². The second-order valence-corrected chi connectivity index (χ2v) is 9.17. The summed E-state index contributed by atoms with van der Waals surface area (Å²) in [5, 5.41) is 12.5. The van der Waals surface area contributed by atoms with Crippen molar-refractivity contribution in [3.05, 3.63) is 64.4 Å². The molecule has 35 heavy (non-hydrogen) atoms. The average molecular weight is 492 g/mol. The zero-order valence-corrected chi connectivity index (χ0v) is 20.8. The van der Waals surface area contributed by atoms with Gasteiger partial charge in [-0.1, -0.05) is 29.8 Å². The first-order valence-corrected chi connectivity index (χ1v) is 11.6. The molecule has 3 heterocycles. The monoisotopic (exact) mass is 491 g/mol. The van der Waals surface area contributed by atoms with Crippen LogP contribution in [0.3, 0.4) is 0 Å². The number of aromatic nitrogens is 4. The van der Waals surface area contributed by atoms with Crippen molar-refractivity contribution in [2.45, 2.75) is 13.0 Å². The van der Waals surface area contributed by atoms with E-state index in [9.17, 15) is 4.79 Å². The lowest BCUT2D eigenvalue weighted by molar-refractivity contribution is 0.0829. The van der Waals surface area contributed by atoms with Crippen LogP contribution in [-0.4, -0.2) is 70.3 Å². The fourth-order valence-corrected chi connectivity index (χ4v) is 4.56. The number of nitrogens with zero attached hydrogens (tertiary/aromatic N) is 6. The van der Waals surface area contributed by atoms with Gasteiger partial charge in [-0.2, -0.15) is 4.98 Å². The van der Waals surface area contributed by atoms with Crippen molar-refractivity contribution in [1.29, 1.82) is 0 Å².